The molecule has 1 saturated heterocycles. The number of nitrogens with zero attached hydrogens (tertiary/aromatic N) is 1. The molecular weight excluding hydrogens is 170 g/mol. The molecule has 2 rings (SSSR count). The van der Waals surface area contributed by atoms with Gasteiger partial charge in [0.1, 0.15) is 0 Å². The zero-order valence-electron chi connectivity index (χ0n) is 7.62. The molecule has 2 fully saturated rings. The first-order valence-electron chi connectivity index (χ1n) is 4.74. The third kappa shape index (κ3) is 1.28. The molecule has 12 heavy (non-hydrogen) atoms. The van der Waals surface area contributed by atoms with Gasteiger partial charge in [0.2, 0.25) is 0 Å². The van der Waals surface area contributed by atoms with Gasteiger partial charge in [-0.2, -0.15) is 0 Å². The van der Waals surface area contributed by atoms with Gasteiger partial charge in [0.25, 0.3) is 0 Å². The van der Waals surface area contributed by atoms with Crippen LogP contribution in [0.4, 0.5) is 0 Å². The molecule has 2 nitrogen and oxygen atoms in total. The van der Waals surface area contributed by atoms with E-state index in [1.54, 1.807) is 0 Å². The highest BCUT2D eigenvalue weighted by Crippen LogP contribution is 2.49. The van der Waals surface area contributed by atoms with Crippen LogP contribution in [-0.2, 0) is 0 Å². The molecule has 1 heterocycles. The quantitative estimate of drug-likeness (QED) is 0.629. The van der Waals surface area contributed by atoms with Gasteiger partial charge in [-0.25, -0.2) is 0 Å². The summed E-state index contributed by atoms with van der Waals surface area (Å²) in [6, 6.07) is 0. The molecule has 1 aliphatic carbocycles. The first-order chi connectivity index (χ1) is 5.77. The number of aliphatic hydroxyl groups excluding tert-OH is 1. The van der Waals surface area contributed by atoms with Crippen molar-refractivity contribution in [3.8, 4) is 0 Å². The molecule has 2 aliphatic rings. The van der Waals surface area contributed by atoms with Crippen LogP contribution in [0, 0.1) is 5.41 Å². The van der Waals surface area contributed by atoms with E-state index in [9.17, 15) is 5.11 Å². The fourth-order valence-electron chi connectivity index (χ4n) is 2.38. The zero-order valence-corrected chi connectivity index (χ0v) is 8.44. The van der Waals surface area contributed by atoms with Crippen molar-refractivity contribution in [1.29, 1.82) is 0 Å². The van der Waals surface area contributed by atoms with Crippen LogP contribution in [0.3, 0.4) is 0 Å². The molecule has 0 bridgehead atoms. The van der Waals surface area contributed by atoms with E-state index in [0.29, 0.717) is 5.41 Å². The molecule has 1 saturated carbocycles. The van der Waals surface area contributed by atoms with E-state index in [-0.39, 0.29) is 6.10 Å². The van der Waals surface area contributed by atoms with Gasteiger partial charge in [-0.3, -0.25) is 4.31 Å². The fourth-order valence-corrected chi connectivity index (χ4v) is 2.93. The zero-order chi connectivity index (χ0) is 8.60. The van der Waals surface area contributed by atoms with E-state index in [1.165, 1.54) is 19.3 Å². The normalized spacial score (nSPS) is 35.0. The number of rotatable bonds is 1. The largest absolute Gasteiger partial charge is 0.393 e. The standard InChI is InChI=1S/C9H17NOS/c1-12-10-6-4-9(5-7-10)3-2-8(9)11/h8,11H,2-7H2,1H3. The topological polar surface area (TPSA) is 23.5 Å². The lowest BCUT2D eigenvalue weighted by molar-refractivity contribution is -0.0902. The summed E-state index contributed by atoms with van der Waals surface area (Å²) in [7, 11) is 0. The Bertz CT molecular complexity index is 166. The molecule has 1 atom stereocenters. The van der Waals surface area contributed by atoms with E-state index < -0.39 is 0 Å². The second-order valence-corrected chi connectivity index (χ2v) is 4.91. The molecule has 0 amide bonds. The minimum absolute atomic E-state index is 0.0153. The average Bonchev–Trinajstić information content (AvgIpc) is 2.16. The Morgan fingerprint density at radius 3 is 2.33 bits per heavy atom. The minimum Gasteiger partial charge on any atom is -0.393 e. The molecule has 0 aromatic heterocycles. The van der Waals surface area contributed by atoms with E-state index in [0.717, 1.165) is 19.5 Å². The van der Waals surface area contributed by atoms with E-state index in [1.807, 2.05) is 11.9 Å². The summed E-state index contributed by atoms with van der Waals surface area (Å²) in [4.78, 5) is 0. The maximum Gasteiger partial charge on any atom is 0.0597 e. The van der Waals surface area contributed by atoms with Crippen molar-refractivity contribution < 1.29 is 5.11 Å². The second-order valence-electron chi connectivity index (χ2n) is 4.03. The SMILES string of the molecule is CSN1CCC2(CCC2O)CC1. The number of hydrogen-bond donors (Lipinski definition) is 1. The van der Waals surface area contributed by atoms with Gasteiger partial charge in [0, 0.05) is 13.1 Å². The van der Waals surface area contributed by atoms with Crippen LogP contribution < -0.4 is 0 Å². The van der Waals surface area contributed by atoms with Crippen LogP contribution in [0.15, 0.2) is 0 Å². The van der Waals surface area contributed by atoms with Crippen LogP contribution in [0.5, 0.6) is 0 Å². The van der Waals surface area contributed by atoms with Crippen molar-refractivity contribution in [3.05, 3.63) is 0 Å². The molecule has 1 unspecified atom stereocenters. The lowest BCUT2D eigenvalue weighted by Gasteiger charge is -2.51. The predicted molar refractivity (Wildman–Crippen MR) is 52.0 cm³/mol. The van der Waals surface area contributed by atoms with E-state index in [4.69, 9.17) is 0 Å². The van der Waals surface area contributed by atoms with Gasteiger partial charge in [0.05, 0.1) is 6.10 Å². The highest BCUT2D eigenvalue weighted by molar-refractivity contribution is 7.96. The lowest BCUT2D eigenvalue weighted by atomic mass is 9.61. The Balaban J connectivity index is 1.89. The van der Waals surface area contributed by atoms with Crippen LogP contribution in [0.1, 0.15) is 25.7 Å². The Hall–Kier alpha value is 0.270. The summed E-state index contributed by atoms with van der Waals surface area (Å²) in [5.41, 5.74) is 0.340. The Kier molecular flexibility index (Phi) is 2.36. The van der Waals surface area contributed by atoms with E-state index in [2.05, 4.69) is 10.6 Å². The second kappa shape index (κ2) is 3.20. The Morgan fingerprint density at radius 2 is 2.00 bits per heavy atom. The van der Waals surface area contributed by atoms with Crippen LogP contribution in [0.2, 0.25) is 0 Å². The summed E-state index contributed by atoms with van der Waals surface area (Å²) >= 11 is 1.83. The predicted octanol–water partition coefficient (Wildman–Crippen LogP) is 1.50. The maximum atomic E-state index is 9.66. The van der Waals surface area contributed by atoms with Crippen LogP contribution in [0.25, 0.3) is 0 Å². The summed E-state index contributed by atoms with van der Waals surface area (Å²) in [6.07, 6.45) is 6.86. The van der Waals surface area contributed by atoms with Crippen molar-refractivity contribution in [2.45, 2.75) is 31.8 Å². The van der Waals surface area contributed by atoms with Crippen LogP contribution >= 0.6 is 11.9 Å². The molecule has 0 aromatic rings. The molecule has 0 aromatic carbocycles. The highest BCUT2D eigenvalue weighted by atomic mass is 32.2. The smallest absolute Gasteiger partial charge is 0.0597 e. The summed E-state index contributed by atoms with van der Waals surface area (Å²) in [5.74, 6) is 0. The number of piperidine rings is 1. The van der Waals surface area contributed by atoms with E-state index >= 15 is 0 Å². The summed E-state index contributed by atoms with van der Waals surface area (Å²) in [5, 5.41) is 9.66. The van der Waals surface area contributed by atoms with Gasteiger partial charge in [-0.15, -0.1) is 0 Å². The third-order valence-electron chi connectivity index (χ3n) is 3.60. The van der Waals surface area contributed by atoms with Crippen molar-refractivity contribution >= 4 is 11.9 Å². The highest BCUT2D eigenvalue weighted by Gasteiger charge is 2.47. The van der Waals surface area contributed by atoms with Crippen molar-refractivity contribution in [1.82, 2.24) is 4.31 Å². The molecule has 70 valence electrons. The first-order valence-corrected chi connectivity index (χ1v) is 5.92. The van der Waals surface area contributed by atoms with Crippen LogP contribution in [-0.4, -0.2) is 34.9 Å². The monoisotopic (exact) mass is 187 g/mol. The molecule has 1 spiro atoms. The number of aliphatic hydroxyl groups is 1. The molecular formula is C9H17NOS. The van der Waals surface area contributed by atoms with Gasteiger partial charge < -0.3 is 5.11 Å². The fraction of sp³-hybridized carbons (Fsp3) is 1.00. The molecule has 3 heteroatoms. The Morgan fingerprint density at radius 1 is 1.33 bits per heavy atom. The molecule has 1 N–H and O–H groups in total. The van der Waals surface area contributed by atoms with Gasteiger partial charge in [-0.05, 0) is 37.4 Å². The van der Waals surface area contributed by atoms with Gasteiger partial charge >= 0.3 is 0 Å². The molecule has 0 radical (unpaired) electrons. The first kappa shape index (κ1) is 8.85. The van der Waals surface area contributed by atoms with Crippen molar-refractivity contribution in [2.75, 3.05) is 19.3 Å². The Labute approximate surface area is 78.5 Å². The summed E-state index contributed by atoms with van der Waals surface area (Å²) < 4.78 is 2.40. The molecule has 1 aliphatic heterocycles. The van der Waals surface area contributed by atoms with Crippen molar-refractivity contribution in [3.63, 3.8) is 0 Å². The maximum absolute atomic E-state index is 9.66. The van der Waals surface area contributed by atoms with Gasteiger partial charge in [-0.1, -0.05) is 11.9 Å². The lowest BCUT2D eigenvalue weighted by Crippen LogP contribution is -2.50. The van der Waals surface area contributed by atoms with Gasteiger partial charge in [0.15, 0.2) is 0 Å². The van der Waals surface area contributed by atoms with Crippen molar-refractivity contribution in [2.24, 2.45) is 5.41 Å². The summed E-state index contributed by atoms with van der Waals surface area (Å²) in [6.45, 7) is 2.33. The minimum atomic E-state index is 0.0153. The number of hydrogen-bond acceptors (Lipinski definition) is 3. The third-order valence-corrected chi connectivity index (χ3v) is 4.48. The average molecular weight is 187 g/mol.